The van der Waals surface area contributed by atoms with Crippen molar-refractivity contribution in [1.29, 1.82) is 0 Å². The van der Waals surface area contributed by atoms with E-state index in [9.17, 15) is 10.1 Å². The largest absolute Gasteiger partial charge is 0.496 e. The predicted octanol–water partition coefficient (Wildman–Crippen LogP) is 3.97. The number of non-ortho nitro benzene ring substituents is 1. The fourth-order valence-corrected chi connectivity index (χ4v) is 2.81. The van der Waals surface area contributed by atoms with Crippen molar-refractivity contribution in [3.05, 3.63) is 49.7 Å². The Balaban J connectivity index is 2.01. The maximum atomic E-state index is 10.8. The van der Waals surface area contributed by atoms with Crippen molar-refractivity contribution in [3.63, 3.8) is 0 Å². The Kier molecular flexibility index (Phi) is 4.81. The Hall–Kier alpha value is -1.79. The fraction of sp³-hybridized carbons (Fsp3) is 0.231. The van der Waals surface area contributed by atoms with Crippen LogP contribution in [0.5, 0.6) is 5.75 Å². The van der Waals surface area contributed by atoms with Gasteiger partial charge in [-0.2, -0.15) is 0 Å². The van der Waals surface area contributed by atoms with Crippen molar-refractivity contribution in [1.82, 2.24) is 0 Å². The normalized spacial score (nSPS) is 10.3. The summed E-state index contributed by atoms with van der Waals surface area (Å²) in [5.74, 6) is 0.459. The minimum Gasteiger partial charge on any atom is -0.496 e. The molecule has 2 aromatic rings. The number of thiophene rings is 1. The van der Waals surface area contributed by atoms with E-state index in [0.717, 1.165) is 10.8 Å². The molecule has 20 heavy (non-hydrogen) atoms. The number of hydrogen-bond acceptors (Lipinski definition) is 5. The van der Waals surface area contributed by atoms with Gasteiger partial charge in [0, 0.05) is 29.2 Å². The first-order chi connectivity index (χ1) is 9.58. The number of ether oxygens (including phenoxy) is 1. The van der Waals surface area contributed by atoms with E-state index in [4.69, 9.17) is 16.3 Å². The topological polar surface area (TPSA) is 64.4 Å². The Bertz CT molecular complexity index is 615. The van der Waals surface area contributed by atoms with E-state index in [1.165, 1.54) is 35.5 Å². The van der Waals surface area contributed by atoms with Crippen LogP contribution < -0.4 is 10.1 Å². The second kappa shape index (κ2) is 6.58. The Labute approximate surface area is 125 Å². The molecule has 1 aromatic carbocycles. The third-order valence-corrected chi connectivity index (χ3v) is 3.96. The number of nitrogens with zero attached hydrogens (tertiary/aromatic N) is 1. The molecule has 0 amide bonds. The lowest BCUT2D eigenvalue weighted by molar-refractivity contribution is -0.384. The Morgan fingerprint density at radius 3 is 2.80 bits per heavy atom. The number of benzene rings is 1. The summed E-state index contributed by atoms with van der Waals surface area (Å²) >= 11 is 7.39. The van der Waals surface area contributed by atoms with Gasteiger partial charge in [0.05, 0.1) is 22.4 Å². The van der Waals surface area contributed by atoms with Crippen LogP contribution in [0.1, 0.15) is 4.88 Å². The van der Waals surface area contributed by atoms with Crippen LogP contribution in [0.25, 0.3) is 0 Å². The number of nitro groups is 1. The molecule has 0 atom stereocenters. The lowest BCUT2D eigenvalue weighted by atomic mass is 10.2. The maximum Gasteiger partial charge on any atom is 0.275 e. The first-order valence-corrected chi connectivity index (χ1v) is 7.09. The highest BCUT2D eigenvalue weighted by Gasteiger charge is 2.10. The SMILES string of the molecule is COc1cc(NCCc2ccc(Cl)s2)cc([N+](=O)[O-])c1. The lowest BCUT2D eigenvalue weighted by Crippen LogP contribution is -2.04. The molecule has 1 heterocycles. The smallest absolute Gasteiger partial charge is 0.275 e. The third kappa shape index (κ3) is 3.85. The second-order valence-electron chi connectivity index (χ2n) is 4.06. The summed E-state index contributed by atoms with van der Waals surface area (Å²) in [5, 5.41) is 14.0. The number of hydrogen-bond donors (Lipinski definition) is 1. The summed E-state index contributed by atoms with van der Waals surface area (Å²) in [5.41, 5.74) is 0.671. The molecule has 0 aliphatic heterocycles. The Morgan fingerprint density at radius 2 is 2.20 bits per heavy atom. The summed E-state index contributed by atoms with van der Waals surface area (Å²) in [6.45, 7) is 0.668. The average molecular weight is 313 g/mol. The fourth-order valence-electron chi connectivity index (χ4n) is 1.72. The van der Waals surface area contributed by atoms with Gasteiger partial charge in [-0.25, -0.2) is 0 Å². The number of methoxy groups -OCH3 is 1. The van der Waals surface area contributed by atoms with Gasteiger partial charge in [0.25, 0.3) is 5.69 Å². The second-order valence-corrected chi connectivity index (χ2v) is 5.86. The molecule has 5 nitrogen and oxygen atoms in total. The van der Waals surface area contributed by atoms with E-state index in [-0.39, 0.29) is 5.69 Å². The summed E-state index contributed by atoms with van der Waals surface area (Å²) in [7, 11) is 1.48. The van der Waals surface area contributed by atoms with E-state index < -0.39 is 4.92 Å². The van der Waals surface area contributed by atoms with Crippen LogP contribution in [-0.2, 0) is 6.42 Å². The van der Waals surface area contributed by atoms with Crippen LogP contribution in [0.4, 0.5) is 11.4 Å². The highest BCUT2D eigenvalue weighted by atomic mass is 35.5. The van der Waals surface area contributed by atoms with Gasteiger partial charge in [-0.3, -0.25) is 10.1 Å². The van der Waals surface area contributed by atoms with Crippen molar-refractivity contribution in [2.45, 2.75) is 6.42 Å². The van der Waals surface area contributed by atoms with E-state index in [2.05, 4.69) is 5.32 Å². The molecule has 1 aromatic heterocycles. The quantitative estimate of drug-likeness (QED) is 0.647. The molecule has 0 bridgehead atoms. The maximum absolute atomic E-state index is 10.8. The first kappa shape index (κ1) is 14.6. The lowest BCUT2D eigenvalue weighted by Gasteiger charge is -2.07. The number of halogens is 1. The molecule has 2 rings (SSSR count). The van der Waals surface area contributed by atoms with Crippen molar-refractivity contribution in [2.75, 3.05) is 19.0 Å². The van der Waals surface area contributed by atoms with Gasteiger partial charge in [0.15, 0.2) is 0 Å². The zero-order valence-electron chi connectivity index (χ0n) is 10.8. The van der Waals surface area contributed by atoms with Crippen LogP contribution in [0.3, 0.4) is 0 Å². The molecule has 0 spiro atoms. The molecule has 0 fully saturated rings. The summed E-state index contributed by atoms with van der Waals surface area (Å²) in [4.78, 5) is 11.6. The van der Waals surface area contributed by atoms with Crippen molar-refractivity contribution in [3.8, 4) is 5.75 Å². The zero-order valence-corrected chi connectivity index (χ0v) is 12.3. The van der Waals surface area contributed by atoms with Crippen LogP contribution in [0, 0.1) is 10.1 Å². The van der Waals surface area contributed by atoms with E-state index in [1.54, 1.807) is 6.07 Å². The minimum absolute atomic E-state index is 0.00557. The molecule has 106 valence electrons. The van der Waals surface area contributed by atoms with Gasteiger partial charge >= 0.3 is 0 Å². The highest BCUT2D eigenvalue weighted by Crippen LogP contribution is 2.26. The van der Waals surface area contributed by atoms with Gasteiger partial charge in [-0.1, -0.05) is 11.6 Å². The summed E-state index contributed by atoms with van der Waals surface area (Å²) in [6, 6.07) is 8.45. The highest BCUT2D eigenvalue weighted by molar-refractivity contribution is 7.16. The monoisotopic (exact) mass is 312 g/mol. The van der Waals surface area contributed by atoms with Gasteiger partial charge in [-0.15, -0.1) is 11.3 Å². The van der Waals surface area contributed by atoms with Crippen LogP contribution in [-0.4, -0.2) is 18.6 Å². The molecule has 0 unspecified atom stereocenters. The molecule has 7 heteroatoms. The zero-order chi connectivity index (χ0) is 14.5. The third-order valence-electron chi connectivity index (χ3n) is 2.67. The summed E-state index contributed by atoms with van der Waals surface area (Å²) < 4.78 is 5.81. The number of anilines is 1. The minimum atomic E-state index is -0.438. The molecular weight excluding hydrogens is 300 g/mol. The van der Waals surface area contributed by atoms with E-state index in [0.29, 0.717) is 18.0 Å². The molecule has 0 aliphatic carbocycles. The van der Waals surface area contributed by atoms with Crippen LogP contribution in [0.15, 0.2) is 30.3 Å². The van der Waals surface area contributed by atoms with E-state index >= 15 is 0 Å². The van der Waals surface area contributed by atoms with Crippen LogP contribution in [0.2, 0.25) is 4.34 Å². The number of nitro benzene ring substituents is 1. The number of rotatable bonds is 6. The average Bonchev–Trinajstić information content (AvgIpc) is 2.84. The number of nitrogens with one attached hydrogen (secondary N) is 1. The Morgan fingerprint density at radius 1 is 1.40 bits per heavy atom. The molecule has 0 saturated heterocycles. The molecule has 1 N–H and O–H groups in total. The molecule has 0 saturated carbocycles. The van der Waals surface area contributed by atoms with Crippen molar-refractivity contribution >= 4 is 34.3 Å². The predicted molar refractivity (Wildman–Crippen MR) is 81.2 cm³/mol. The molecule has 0 aliphatic rings. The van der Waals surface area contributed by atoms with Gasteiger partial charge in [0.1, 0.15) is 5.75 Å². The molecular formula is C13H13ClN2O3S. The van der Waals surface area contributed by atoms with Gasteiger partial charge in [-0.05, 0) is 18.6 Å². The van der Waals surface area contributed by atoms with Crippen LogP contribution >= 0.6 is 22.9 Å². The first-order valence-electron chi connectivity index (χ1n) is 5.90. The van der Waals surface area contributed by atoms with E-state index in [1.807, 2.05) is 12.1 Å². The van der Waals surface area contributed by atoms with Crippen molar-refractivity contribution < 1.29 is 9.66 Å². The summed E-state index contributed by atoms with van der Waals surface area (Å²) in [6.07, 6.45) is 0.808. The van der Waals surface area contributed by atoms with Gasteiger partial charge < -0.3 is 10.1 Å². The van der Waals surface area contributed by atoms with Crippen molar-refractivity contribution in [2.24, 2.45) is 0 Å². The van der Waals surface area contributed by atoms with Gasteiger partial charge in [0.2, 0.25) is 0 Å². The molecule has 0 radical (unpaired) electrons. The standard InChI is InChI=1S/C13H13ClN2O3S/c1-19-11-7-9(6-10(8-11)16(17)18)15-5-4-12-2-3-13(14)20-12/h2-3,6-8,15H,4-5H2,1H3.